The number of nitrogens with zero attached hydrogens (tertiary/aromatic N) is 2. The summed E-state index contributed by atoms with van der Waals surface area (Å²) in [7, 11) is 2.22. The fraction of sp³-hybridized carbons (Fsp3) is 1.00. The number of hydrogen-bond acceptors (Lipinski definition) is 3. The van der Waals surface area contributed by atoms with E-state index in [4.69, 9.17) is 0 Å². The van der Waals surface area contributed by atoms with Crippen LogP contribution in [0.15, 0.2) is 0 Å². The fourth-order valence-electron chi connectivity index (χ4n) is 3.05. The highest BCUT2D eigenvalue weighted by atomic mass is 15.3. The number of likely N-dealkylation sites (N-methyl/N-ethyl adjacent to an activating group) is 1. The molecule has 0 atom stereocenters. The van der Waals surface area contributed by atoms with Crippen molar-refractivity contribution in [2.75, 3.05) is 39.8 Å². The van der Waals surface area contributed by atoms with Gasteiger partial charge in [0.05, 0.1) is 0 Å². The van der Waals surface area contributed by atoms with Gasteiger partial charge in [0.2, 0.25) is 0 Å². The third-order valence-electron chi connectivity index (χ3n) is 4.54. The lowest BCUT2D eigenvalue weighted by molar-refractivity contribution is 0.0602. The molecule has 0 amide bonds. The molecule has 3 heteroatoms. The maximum atomic E-state index is 3.78. The second-order valence-corrected chi connectivity index (χ2v) is 6.47. The zero-order valence-corrected chi connectivity index (χ0v) is 11.8. The molecule has 2 aliphatic rings. The number of nitrogens with one attached hydrogen (secondary N) is 1. The molecule has 0 spiro atoms. The van der Waals surface area contributed by atoms with Gasteiger partial charge in [0.1, 0.15) is 0 Å². The first-order valence-corrected chi connectivity index (χ1v) is 7.25. The molecule has 0 radical (unpaired) electrons. The summed E-state index contributed by atoms with van der Waals surface area (Å²) in [6, 6.07) is 0.793. The molecule has 2 fully saturated rings. The molecule has 0 aromatic heterocycles. The number of rotatable bonds is 4. The molecule has 1 saturated heterocycles. The fourth-order valence-corrected chi connectivity index (χ4v) is 3.05. The first kappa shape index (κ1) is 13.3. The molecule has 0 aromatic rings. The summed E-state index contributed by atoms with van der Waals surface area (Å²) in [5.41, 5.74) is 0.309. The molecular weight excluding hydrogens is 210 g/mol. The van der Waals surface area contributed by atoms with Gasteiger partial charge in [0, 0.05) is 44.3 Å². The molecule has 1 aliphatic heterocycles. The Morgan fingerprint density at radius 2 is 1.65 bits per heavy atom. The summed E-state index contributed by atoms with van der Waals surface area (Å²) in [5.74, 6) is 0. The summed E-state index contributed by atoms with van der Waals surface area (Å²) < 4.78 is 0. The zero-order valence-electron chi connectivity index (χ0n) is 11.8. The van der Waals surface area contributed by atoms with Gasteiger partial charge in [-0.2, -0.15) is 0 Å². The van der Waals surface area contributed by atoms with Crippen molar-refractivity contribution >= 4 is 0 Å². The van der Waals surface area contributed by atoms with E-state index < -0.39 is 0 Å². The van der Waals surface area contributed by atoms with Crippen molar-refractivity contribution in [2.45, 2.75) is 51.1 Å². The van der Waals surface area contributed by atoms with Crippen molar-refractivity contribution in [3.63, 3.8) is 0 Å². The molecule has 1 heterocycles. The van der Waals surface area contributed by atoms with E-state index in [1.165, 1.54) is 51.9 Å². The maximum Gasteiger partial charge on any atom is 0.0278 e. The highest BCUT2D eigenvalue weighted by Gasteiger charge is 2.29. The monoisotopic (exact) mass is 239 g/mol. The van der Waals surface area contributed by atoms with E-state index in [0.29, 0.717) is 5.54 Å². The van der Waals surface area contributed by atoms with Crippen LogP contribution in [-0.2, 0) is 0 Å². The summed E-state index contributed by atoms with van der Waals surface area (Å²) >= 11 is 0. The summed E-state index contributed by atoms with van der Waals surface area (Å²) in [6.45, 7) is 10.8. The second-order valence-electron chi connectivity index (χ2n) is 6.47. The van der Waals surface area contributed by atoms with Crippen LogP contribution in [0.5, 0.6) is 0 Å². The van der Waals surface area contributed by atoms with Crippen LogP contribution in [0.1, 0.15) is 39.5 Å². The largest absolute Gasteiger partial charge is 0.312 e. The van der Waals surface area contributed by atoms with Gasteiger partial charge in [-0.3, -0.25) is 4.90 Å². The average Bonchev–Trinajstić information content (AvgIpc) is 2.80. The minimum atomic E-state index is 0.309. The Bertz CT molecular complexity index is 226. The Morgan fingerprint density at radius 1 is 1.06 bits per heavy atom. The number of hydrogen-bond donors (Lipinski definition) is 1. The van der Waals surface area contributed by atoms with Crippen molar-refractivity contribution in [2.24, 2.45) is 0 Å². The Balaban J connectivity index is 1.76. The quantitative estimate of drug-likeness (QED) is 0.803. The van der Waals surface area contributed by atoms with Crippen LogP contribution in [-0.4, -0.2) is 61.2 Å². The predicted molar refractivity (Wildman–Crippen MR) is 73.4 cm³/mol. The Labute approximate surface area is 107 Å². The zero-order chi connectivity index (χ0) is 12.3. The summed E-state index contributed by atoms with van der Waals surface area (Å²) in [5, 5.41) is 3.78. The SMILES string of the molecule is CN1CCN(C(C)(C)CNC2CCCC2)CC1. The molecule has 100 valence electrons. The third-order valence-corrected chi connectivity index (χ3v) is 4.54. The van der Waals surface area contributed by atoms with E-state index in [-0.39, 0.29) is 0 Å². The highest BCUT2D eigenvalue weighted by Crippen LogP contribution is 2.20. The van der Waals surface area contributed by atoms with E-state index in [1.54, 1.807) is 0 Å². The minimum Gasteiger partial charge on any atom is -0.312 e. The molecule has 0 bridgehead atoms. The summed E-state index contributed by atoms with van der Waals surface area (Å²) in [6.07, 6.45) is 5.62. The Morgan fingerprint density at radius 3 is 2.24 bits per heavy atom. The average molecular weight is 239 g/mol. The number of piperazine rings is 1. The first-order valence-electron chi connectivity index (χ1n) is 7.25. The van der Waals surface area contributed by atoms with Crippen LogP contribution < -0.4 is 5.32 Å². The molecule has 3 nitrogen and oxygen atoms in total. The van der Waals surface area contributed by atoms with Gasteiger partial charge in [-0.05, 0) is 33.7 Å². The summed E-state index contributed by atoms with van der Waals surface area (Å²) in [4.78, 5) is 5.08. The maximum absolute atomic E-state index is 3.78. The lowest BCUT2D eigenvalue weighted by Crippen LogP contribution is -2.58. The van der Waals surface area contributed by atoms with Crippen LogP contribution in [0.25, 0.3) is 0 Å². The molecule has 1 saturated carbocycles. The van der Waals surface area contributed by atoms with Crippen LogP contribution in [0.3, 0.4) is 0 Å². The van der Waals surface area contributed by atoms with E-state index >= 15 is 0 Å². The Kier molecular flexibility index (Phi) is 4.45. The van der Waals surface area contributed by atoms with Crippen LogP contribution in [0.2, 0.25) is 0 Å². The molecular formula is C14H29N3. The van der Waals surface area contributed by atoms with Crippen molar-refractivity contribution in [3.8, 4) is 0 Å². The smallest absolute Gasteiger partial charge is 0.0278 e. The van der Waals surface area contributed by atoms with Crippen LogP contribution in [0.4, 0.5) is 0 Å². The second kappa shape index (κ2) is 5.68. The van der Waals surface area contributed by atoms with Crippen molar-refractivity contribution in [1.82, 2.24) is 15.1 Å². The van der Waals surface area contributed by atoms with E-state index in [9.17, 15) is 0 Å². The molecule has 2 rings (SSSR count). The van der Waals surface area contributed by atoms with Gasteiger partial charge in [-0.1, -0.05) is 12.8 Å². The lowest BCUT2D eigenvalue weighted by Gasteiger charge is -2.43. The third kappa shape index (κ3) is 3.67. The molecule has 1 N–H and O–H groups in total. The van der Waals surface area contributed by atoms with E-state index in [0.717, 1.165) is 12.6 Å². The van der Waals surface area contributed by atoms with Crippen molar-refractivity contribution < 1.29 is 0 Å². The highest BCUT2D eigenvalue weighted by molar-refractivity contribution is 4.88. The van der Waals surface area contributed by atoms with Gasteiger partial charge in [-0.25, -0.2) is 0 Å². The molecule has 17 heavy (non-hydrogen) atoms. The molecule has 0 aromatic carbocycles. The van der Waals surface area contributed by atoms with Crippen LogP contribution in [0, 0.1) is 0 Å². The van der Waals surface area contributed by atoms with Gasteiger partial charge >= 0.3 is 0 Å². The lowest BCUT2D eigenvalue weighted by atomic mass is 10.0. The van der Waals surface area contributed by atoms with Gasteiger partial charge in [0.25, 0.3) is 0 Å². The normalized spacial score (nSPS) is 25.6. The van der Waals surface area contributed by atoms with Crippen LogP contribution >= 0.6 is 0 Å². The van der Waals surface area contributed by atoms with Crippen molar-refractivity contribution in [1.29, 1.82) is 0 Å². The van der Waals surface area contributed by atoms with Crippen molar-refractivity contribution in [3.05, 3.63) is 0 Å². The van der Waals surface area contributed by atoms with E-state index in [1.807, 2.05) is 0 Å². The standard InChI is InChI=1S/C14H29N3/c1-14(2,12-15-13-6-4-5-7-13)17-10-8-16(3)9-11-17/h13,15H,4-12H2,1-3H3. The topological polar surface area (TPSA) is 18.5 Å². The van der Waals surface area contributed by atoms with Gasteiger partial charge in [0.15, 0.2) is 0 Å². The molecule has 1 aliphatic carbocycles. The first-order chi connectivity index (χ1) is 8.08. The van der Waals surface area contributed by atoms with Gasteiger partial charge in [-0.15, -0.1) is 0 Å². The minimum absolute atomic E-state index is 0.309. The van der Waals surface area contributed by atoms with Gasteiger partial charge < -0.3 is 10.2 Å². The predicted octanol–water partition coefficient (Wildman–Crippen LogP) is 1.54. The molecule has 0 unspecified atom stereocenters. The Hall–Kier alpha value is -0.120. The van der Waals surface area contributed by atoms with E-state index in [2.05, 4.69) is 36.0 Å².